The average Bonchev–Trinajstić information content (AvgIpc) is 2.96. The van der Waals surface area contributed by atoms with Gasteiger partial charge in [0.15, 0.2) is 0 Å². The Morgan fingerprint density at radius 2 is 1.92 bits per heavy atom. The standard InChI is InChI=1S/C22H33N3/c1-2-25-21-6-4-3-5-19(21)20-13-17(9-12-22(20)25)15-24-14-16-7-10-18(23)11-8-16/h9,12-13,16,18,24H,2-8,10-11,14-15,23H2,1H3. The Bertz CT molecular complexity index is 722. The van der Waals surface area contributed by atoms with E-state index in [1.54, 1.807) is 11.3 Å². The number of benzene rings is 1. The summed E-state index contributed by atoms with van der Waals surface area (Å²) in [7, 11) is 0. The van der Waals surface area contributed by atoms with Crippen molar-refractivity contribution in [2.75, 3.05) is 6.54 Å². The van der Waals surface area contributed by atoms with E-state index in [2.05, 4.69) is 35.0 Å². The molecule has 0 aliphatic heterocycles. The predicted octanol–water partition coefficient (Wildman–Crippen LogP) is 4.15. The minimum Gasteiger partial charge on any atom is -0.345 e. The highest BCUT2D eigenvalue weighted by Crippen LogP contribution is 2.32. The van der Waals surface area contributed by atoms with Crippen LogP contribution in [0.15, 0.2) is 18.2 Å². The van der Waals surface area contributed by atoms with Crippen molar-refractivity contribution in [2.24, 2.45) is 11.7 Å². The molecular weight excluding hydrogens is 306 g/mol. The van der Waals surface area contributed by atoms with Gasteiger partial charge in [0.25, 0.3) is 0 Å². The fourth-order valence-electron chi connectivity index (χ4n) is 4.97. The summed E-state index contributed by atoms with van der Waals surface area (Å²) < 4.78 is 2.55. The van der Waals surface area contributed by atoms with E-state index in [0.29, 0.717) is 6.04 Å². The van der Waals surface area contributed by atoms with Crippen molar-refractivity contribution in [1.29, 1.82) is 0 Å². The smallest absolute Gasteiger partial charge is 0.0485 e. The minimum absolute atomic E-state index is 0.451. The Hall–Kier alpha value is -1.32. The molecule has 1 heterocycles. The molecule has 0 atom stereocenters. The molecular formula is C22H33N3. The van der Waals surface area contributed by atoms with Gasteiger partial charge in [-0.2, -0.15) is 0 Å². The van der Waals surface area contributed by atoms with Crippen LogP contribution in [0, 0.1) is 5.92 Å². The maximum absolute atomic E-state index is 6.02. The molecule has 136 valence electrons. The number of aryl methyl sites for hydroxylation is 2. The Kier molecular flexibility index (Phi) is 5.14. The number of fused-ring (bicyclic) bond motifs is 3. The maximum Gasteiger partial charge on any atom is 0.0485 e. The molecule has 0 spiro atoms. The molecule has 2 aliphatic rings. The fourth-order valence-corrected chi connectivity index (χ4v) is 4.97. The van der Waals surface area contributed by atoms with E-state index in [-0.39, 0.29) is 0 Å². The van der Waals surface area contributed by atoms with Gasteiger partial charge in [0.05, 0.1) is 0 Å². The van der Waals surface area contributed by atoms with E-state index in [9.17, 15) is 0 Å². The number of rotatable bonds is 5. The zero-order valence-electron chi connectivity index (χ0n) is 15.7. The summed E-state index contributed by atoms with van der Waals surface area (Å²) in [5, 5.41) is 5.22. The Labute approximate surface area is 152 Å². The highest BCUT2D eigenvalue weighted by molar-refractivity contribution is 5.86. The molecule has 0 bridgehead atoms. The third-order valence-corrected chi connectivity index (χ3v) is 6.41. The van der Waals surface area contributed by atoms with Gasteiger partial charge in [-0.05, 0) is 94.0 Å². The van der Waals surface area contributed by atoms with Crippen LogP contribution >= 0.6 is 0 Å². The summed E-state index contributed by atoms with van der Waals surface area (Å²) in [5.74, 6) is 0.817. The van der Waals surface area contributed by atoms with Gasteiger partial charge in [0.1, 0.15) is 0 Å². The average molecular weight is 340 g/mol. The number of hydrogen-bond acceptors (Lipinski definition) is 2. The summed E-state index contributed by atoms with van der Waals surface area (Å²) in [4.78, 5) is 0. The fraction of sp³-hybridized carbons (Fsp3) is 0.636. The lowest BCUT2D eigenvalue weighted by Gasteiger charge is -2.26. The van der Waals surface area contributed by atoms with Crippen molar-refractivity contribution in [1.82, 2.24) is 9.88 Å². The number of nitrogens with two attached hydrogens (primary N) is 1. The Balaban J connectivity index is 1.46. The third kappa shape index (κ3) is 3.50. The summed E-state index contributed by atoms with van der Waals surface area (Å²) in [6.45, 7) is 5.50. The van der Waals surface area contributed by atoms with Crippen LogP contribution in [-0.4, -0.2) is 17.2 Å². The van der Waals surface area contributed by atoms with Gasteiger partial charge in [-0.1, -0.05) is 6.07 Å². The van der Waals surface area contributed by atoms with E-state index >= 15 is 0 Å². The van der Waals surface area contributed by atoms with E-state index < -0.39 is 0 Å². The molecule has 4 rings (SSSR count). The van der Waals surface area contributed by atoms with Gasteiger partial charge in [-0.3, -0.25) is 0 Å². The summed E-state index contributed by atoms with van der Waals surface area (Å²) in [6, 6.07) is 7.58. The van der Waals surface area contributed by atoms with E-state index in [1.807, 2.05) is 0 Å². The van der Waals surface area contributed by atoms with Gasteiger partial charge in [-0.25, -0.2) is 0 Å². The molecule has 0 unspecified atom stereocenters. The topological polar surface area (TPSA) is 43.0 Å². The number of hydrogen-bond donors (Lipinski definition) is 2. The van der Waals surface area contributed by atoms with Crippen LogP contribution in [0.2, 0.25) is 0 Å². The molecule has 3 N–H and O–H groups in total. The largest absolute Gasteiger partial charge is 0.345 e. The molecule has 2 aromatic rings. The second-order valence-corrected chi connectivity index (χ2v) is 8.14. The molecule has 1 aromatic carbocycles. The molecule has 3 nitrogen and oxygen atoms in total. The zero-order valence-corrected chi connectivity index (χ0v) is 15.7. The lowest BCUT2D eigenvalue weighted by molar-refractivity contribution is 0.314. The molecule has 0 radical (unpaired) electrons. The lowest BCUT2D eigenvalue weighted by atomic mass is 9.86. The molecule has 0 amide bonds. The molecule has 25 heavy (non-hydrogen) atoms. The zero-order chi connectivity index (χ0) is 17.2. The quantitative estimate of drug-likeness (QED) is 0.859. The number of nitrogens with one attached hydrogen (secondary N) is 1. The number of aromatic nitrogens is 1. The van der Waals surface area contributed by atoms with Gasteiger partial charge < -0.3 is 15.6 Å². The van der Waals surface area contributed by atoms with Crippen molar-refractivity contribution in [2.45, 2.75) is 77.4 Å². The monoisotopic (exact) mass is 339 g/mol. The van der Waals surface area contributed by atoms with Crippen LogP contribution in [0.1, 0.15) is 62.3 Å². The first-order valence-corrected chi connectivity index (χ1v) is 10.4. The van der Waals surface area contributed by atoms with Crippen LogP contribution in [0.4, 0.5) is 0 Å². The van der Waals surface area contributed by atoms with Crippen molar-refractivity contribution in [3.05, 3.63) is 35.0 Å². The summed E-state index contributed by atoms with van der Waals surface area (Å²) >= 11 is 0. The van der Waals surface area contributed by atoms with Crippen LogP contribution in [0.25, 0.3) is 10.9 Å². The van der Waals surface area contributed by atoms with Gasteiger partial charge in [0, 0.05) is 35.7 Å². The van der Waals surface area contributed by atoms with Crippen LogP contribution < -0.4 is 11.1 Å². The highest BCUT2D eigenvalue weighted by atomic mass is 15.0. The molecule has 0 saturated heterocycles. The normalized spacial score (nSPS) is 23.8. The highest BCUT2D eigenvalue weighted by Gasteiger charge is 2.20. The van der Waals surface area contributed by atoms with Crippen LogP contribution in [0.3, 0.4) is 0 Å². The Morgan fingerprint density at radius 1 is 1.12 bits per heavy atom. The van der Waals surface area contributed by atoms with Gasteiger partial charge >= 0.3 is 0 Å². The van der Waals surface area contributed by atoms with Gasteiger partial charge in [-0.15, -0.1) is 0 Å². The molecule has 2 aliphatic carbocycles. The van der Waals surface area contributed by atoms with E-state index in [4.69, 9.17) is 5.73 Å². The second kappa shape index (κ2) is 7.51. The van der Waals surface area contributed by atoms with E-state index in [0.717, 1.165) is 25.6 Å². The van der Waals surface area contributed by atoms with Crippen molar-refractivity contribution in [3.63, 3.8) is 0 Å². The SMILES string of the molecule is CCn1c2c(c3cc(CNCC4CCC(N)CC4)ccc31)CCCC2. The lowest BCUT2D eigenvalue weighted by Crippen LogP contribution is -2.31. The summed E-state index contributed by atoms with van der Waals surface area (Å²) in [5.41, 5.74) is 12.1. The minimum atomic E-state index is 0.451. The first kappa shape index (κ1) is 17.1. The molecule has 1 fully saturated rings. The maximum atomic E-state index is 6.02. The second-order valence-electron chi connectivity index (χ2n) is 8.14. The molecule has 1 aromatic heterocycles. The van der Waals surface area contributed by atoms with Crippen molar-refractivity contribution in [3.8, 4) is 0 Å². The first-order chi connectivity index (χ1) is 12.3. The van der Waals surface area contributed by atoms with Crippen molar-refractivity contribution >= 4 is 10.9 Å². The molecule has 3 heteroatoms. The van der Waals surface area contributed by atoms with Crippen LogP contribution in [-0.2, 0) is 25.9 Å². The summed E-state index contributed by atoms with van der Waals surface area (Å²) in [6.07, 6.45) is 10.2. The Morgan fingerprint density at radius 3 is 2.72 bits per heavy atom. The van der Waals surface area contributed by atoms with Gasteiger partial charge in [0.2, 0.25) is 0 Å². The number of nitrogens with zero attached hydrogens (tertiary/aromatic N) is 1. The predicted molar refractivity (Wildman–Crippen MR) is 106 cm³/mol. The molecule has 1 saturated carbocycles. The van der Waals surface area contributed by atoms with E-state index in [1.165, 1.54) is 67.8 Å². The first-order valence-electron chi connectivity index (χ1n) is 10.4. The van der Waals surface area contributed by atoms with Crippen molar-refractivity contribution < 1.29 is 0 Å². The third-order valence-electron chi connectivity index (χ3n) is 6.41. The van der Waals surface area contributed by atoms with Crippen LogP contribution in [0.5, 0.6) is 0 Å².